The highest BCUT2D eigenvalue weighted by atomic mass is 16.5. The van der Waals surface area contributed by atoms with E-state index in [0.29, 0.717) is 12.3 Å². The summed E-state index contributed by atoms with van der Waals surface area (Å²) in [5.74, 6) is 2.14. The predicted octanol–water partition coefficient (Wildman–Crippen LogP) is 3.03. The van der Waals surface area contributed by atoms with Crippen LogP contribution in [0.5, 0.6) is 17.2 Å². The molecule has 5 nitrogen and oxygen atoms in total. The Bertz CT molecular complexity index is 589. The van der Waals surface area contributed by atoms with Crippen LogP contribution in [0.15, 0.2) is 30.6 Å². The molecule has 0 aliphatic rings. The minimum atomic E-state index is 0.572. The zero-order valence-electron chi connectivity index (χ0n) is 12.8. The molecule has 5 heteroatoms. The lowest BCUT2D eigenvalue weighted by molar-refractivity contribution is 0.369. The van der Waals surface area contributed by atoms with E-state index in [1.807, 2.05) is 25.1 Å². The average molecular weight is 288 g/mol. The van der Waals surface area contributed by atoms with Crippen molar-refractivity contribution in [1.29, 1.82) is 0 Å². The molecule has 21 heavy (non-hydrogen) atoms. The van der Waals surface area contributed by atoms with Crippen molar-refractivity contribution in [2.24, 2.45) is 0 Å². The predicted molar refractivity (Wildman–Crippen MR) is 82.4 cm³/mol. The smallest absolute Gasteiger partial charge is 0.131 e. The normalized spacial score (nSPS) is 10.1. The van der Waals surface area contributed by atoms with Crippen molar-refractivity contribution in [1.82, 2.24) is 4.98 Å². The number of rotatable bonds is 6. The summed E-state index contributed by atoms with van der Waals surface area (Å²) in [6.45, 7) is 2.61. The maximum atomic E-state index is 5.43. The van der Waals surface area contributed by atoms with Gasteiger partial charge < -0.3 is 19.5 Å². The zero-order chi connectivity index (χ0) is 15.2. The Morgan fingerprint density at radius 2 is 1.71 bits per heavy atom. The lowest BCUT2D eigenvalue weighted by Crippen LogP contribution is -2.06. The molecule has 0 saturated carbocycles. The van der Waals surface area contributed by atoms with Gasteiger partial charge in [0.05, 0.1) is 38.8 Å². The second-order valence-electron chi connectivity index (χ2n) is 4.55. The molecule has 0 unspecified atom stereocenters. The number of benzene rings is 1. The van der Waals surface area contributed by atoms with Crippen LogP contribution in [0.3, 0.4) is 0 Å². The van der Waals surface area contributed by atoms with Crippen LogP contribution in [0.1, 0.15) is 11.1 Å². The first-order valence-electron chi connectivity index (χ1n) is 6.63. The van der Waals surface area contributed by atoms with Gasteiger partial charge in [-0.3, -0.25) is 4.98 Å². The lowest BCUT2D eigenvalue weighted by atomic mass is 10.1. The zero-order valence-corrected chi connectivity index (χ0v) is 12.8. The van der Waals surface area contributed by atoms with Crippen molar-refractivity contribution in [3.8, 4) is 17.2 Å². The molecule has 2 aromatic rings. The summed E-state index contributed by atoms with van der Waals surface area (Å²) in [5.41, 5.74) is 3.05. The fraction of sp³-hybridized carbons (Fsp3) is 0.312. The summed E-state index contributed by atoms with van der Waals surface area (Å²) in [4.78, 5) is 4.13. The standard InChI is InChI=1S/C16H20N2O3/c1-11-5-6-17-10-14(11)18-9-13-15(20-3)7-12(19-2)8-16(13)21-4/h5-8,10,18H,9H2,1-4H3. The summed E-state index contributed by atoms with van der Waals surface area (Å²) in [5, 5.41) is 3.35. The maximum Gasteiger partial charge on any atom is 0.131 e. The largest absolute Gasteiger partial charge is 0.496 e. The Hall–Kier alpha value is -2.43. The minimum absolute atomic E-state index is 0.572. The van der Waals surface area contributed by atoms with E-state index in [4.69, 9.17) is 14.2 Å². The van der Waals surface area contributed by atoms with E-state index in [0.717, 1.165) is 28.3 Å². The quantitative estimate of drug-likeness (QED) is 0.885. The SMILES string of the molecule is COc1cc(OC)c(CNc2cnccc2C)c(OC)c1. The van der Waals surface area contributed by atoms with Crippen molar-refractivity contribution < 1.29 is 14.2 Å². The molecule has 0 amide bonds. The molecular weight excluding hydrogens is 268 g/mol. The molecule has 0 radical (unpaired) electrons. The van der Waals surface area contributed by atoms with Gasteiger partial charge in [-0.2, -0.15) is 0 Å². The van der Waals surface area contributed by atoms with E-state index >= 15 is 0 Å². The molecule has 0 spiro atoms. The maximum absolute atomic E-state index is 5.43. The molecule has 0 atom stereocenters. The van der Waals surface area contributed by atoms with Crippen molar-refractivity contribution in [2.45, 2.75) is 13.5 Å². The molecule has 1 N–H and O–H groups in total. The van der Waals surface area contributed by atoms with E-state index in [2.05, 4.69) is 10.3 Å². The molecular formula is C16H20N2O3. The van der Waals surface area contributed by atoms with Crippen LogP contribution in [0.25, 0.3) is 0 Å². The van der Waals surface area contributed by atoms with Crippen LogP contribution in [0.4, 0.5) is 5.69 Å². The summed E-state index contributed by atoms with van der Waals surface area (Å²) in [7, 11) is 4.88. The van der Waals surface area contributed by atoms with Gasteiger partial charge in [-0.1, -0.05) is 0 Å². The Kier molecular flexibility index (Phi) is 4.87. The fourth-order valence-electron chi connectivity index (χ4n) is 2.08. The number of aromatic nitrogens is 1. The molecule has 1 aromatic carbocycles. The van der Waals surface area contributed by atoms with Crippen LogP contribution in [-0.2, 0) is 6.54 Å². The third-order valence-electron chi connectivity index (χ3n) is 3.31. The number of hydrogen-bond donors (Lipinski definition) is 1. The number of pyridine rings is 1. The van der Waals surface area contributed by atoms with E-state index < -0.39 is 0 Å². The second-order valence-corrected chi connectivity index (χ2v) is 4.55. The first-order chi connectivity index (χ1) is 10.2. The van der Waals surface area contributed by atoms with Crippen LogP contribution in [0.2, 0.25) is 0 Å². The lowest BCUT2D eigenvalue weighted by Gasteiger charge is -2.16. The number of hydrogen-bond acceptors (Lipinski definition) is 5. The molecule has 1 aromatic heterocycles. The van der Waals surface area contributed by atoms with Gasteiger partial charge in [0.25, 0.3) is 0 Å². The fourth-order valence-corrected chi connectivity index (χ4v) is 2.08. The number of aryl methyl sites for hydroxylation is 1. The van der Waals surface area contributed by atoms with Crippen LogP contribution < -0.4 is 19.5 Å². The highest BCUT2D eigenvalue weighted by molar-refractivity contribution is 5.54. The summed E-state index contributed by atoms with van der Waals surface area (Å²) < 4.78 is 16.1. The van der Waals surface area contributed by atoms with Crippen LogP contribution >= 0.6 is 0 Å². The van der Waals surface area contributed by atoms with Crippen LogP contribution in [-0.4, -0.2) is 26.3 Å². The van der Waals surface area contributed by atoms with Crippen molar-refractivity contribution >= 4 is 5.69 Å². The molecule has 0 saturated heterocycles. The number of nitrogens with zero attached hydrogens (tertiary/aromatic N) is 1. The molecule has 1 heterocycles. The van der Waals surface area contributed by atoms with Gasteiger partial charge in [0, 0.05) is 24.9 Å². The topological polar surface area (TPSA) is 52.6 Å². The van der Waals surface area contributed by atoms with Gasteiger partial charge in [0.2, 0.25) is 0 Å². The molecule has 112 valence electrons. The van der Waals surface area contributed by atoms with Crippen LogP contribution in [0, 0.1) is 6.92 Å². The molecule has 0 bridgehead atoms. The third kappa shape index (κ3) is 3.37. The third-order valence-corrected chi connectivity index (χ3v) is 3.31. The number of methoxy groups -OCH3 is 3. The molecule has 0 aliphatic heterocycles. The van der Waals surface area contributed by atoms with E-state index in [1.165, 1.54) is 0 Å². The Morgan fingerprint density at radius 1 is 1.05 bits per heavy atom. The average Bonchev–Trinajstić information content (AvgIpc) is 2.53. The first-order valence-corrected chi connectivity index (χ1v) is 6.63. The molecule has 2 rings (SSSR count). The highest BCUT2D eigenvalue weighted by Crippen LogP contribution is 2.34. The Balaban J connectivity index is 2.28. The van der Waals surface area contributed by atoms with Gasteiger partial charge in [0.15, 0.2) is 0 Å². The monoisotopic (exact) mass is 288 g/mol. The van der Waals surface area contributed by atoms with E-state index in [1.54, 1.807) is 33.7 Å². The first kappa shape index (κ1) is 15.0. The van der Waals surface area contributed by atoms with Gasteiger partial charge in [-0.25, -0.2) is 0 Å². The van der Waals surface area contributed by atoms with Gasteiger partial charge in [-0.15, -0.1) is 0 Å². The summed E-state index contributed by atoms with van der Waals surface area (Å²) in [6.07, 6.45) is 3.58. The number of ether oxygens (including phenoxy) is 3. The Labute approximate surface area is 124 Å². The van der Waals surface area contributed by atoms with Gasteiger partial charge >= 0.3 is 0 Å². The van der Waals surface area contributed by atoms with Crippen molar-refractivity contribution in [3.05, 3.63) is 41.7 Å². The minimum Gasteiger partial charge on any atom is -0.496 e. The Morgan fingerprint density at radius 3 is 2.24 bits per heavy atom. The molecule has 0 aliphatic carbocycles. The van der Waals surface area contributed by atoms with E-state index in [-0.39, 0.29) is 0 Å². The van der Waals surface area contributed by atoms with Gasteiger partial charge in [0.1, 0.15) is 17.2 Å². The van der Waals surface area contributed by atoms with Crippen molar-refractivity contribution in [3.63, 3.8) is 0 Å². The number of nitrogens with one attached hydrogen (secondary N) is 1. The molecule has 0 fully saturated rings. The van der Waals surface area contributed by atoms with E-state index in [9.17, 15) is 0 Å². The number of anilines is 1. The summed E-state index contributed by atoms with van der Waals surface area (Å²) in [6, 6.07) is 5.65. The van der Waals surface area contributed by atoms with Gasteiger partial charge in [-0.05, 0) is 18.6 Å². The highest BCUT2D eigenvalue weighted by Gasteiger charge is 2.13. The summed E-state index contributed by atoms with van der Waals surface area (Å²) >= 11 is 0. The van der Waals surface area contributed by atoms with Crippen molar-refractivity contribution in [2.75, 3.05) is 26.6 Å². The second kappa shape index (κ2) is 6.83.